The topological polar surface area (TPSA) is 66.4 Å². The van der Waals surface area contributed by atoms with Crippen molar-refractivity contribution in [3.63, 3.8) is 0 Å². The van der Waals surface area contributed by atoms with E-state index < -0.39 is 11.8 Å². The van der Waals surface area contributed by atoms with Crippen LogP contribution in [0.15, 0.2) is 18.2 Å². The fourth-order valence-corrected chi connectivity index (χ4v) is 2.18. The van der Waals surface area contributed by atoms with Gasteiger partial charge in [-0.15, -0.1) is 0 Å². The second-order valence-electron chi connectivity index (χ2n) is 5.25. The number of nitrogens with one attached hydrogen (secondary N) is 1. The molecular formula is C14H16FNO3. The van der Waals surface area contributed by atoms with E-state index in [0.717, 1.165) is 25.0 Å². The molecule has 5 heteroatoms. The third kappa shape index (κ3) is 2.59. The van der Waals surface area contributed by atoms with Gasteiger partial charge >= 0.3 is 5.97 Å². The number of benzene rings is 1. The number of carboxylic acids is 1. The van der Waals surface area contributed by atoms with E-state index in [9.17, 15) is 14.0 Å². The largest absolute Gasteiger partial charge is 0.478 e. The third-order valence-corrected chi connectivity index (χ3v) is 3.95. The van der Waals surface area contributed by atoms with Crippen molar-refractivity contribution in [2.24, 2.45) is 11.3 Å². The van der Waals surface area contributed by atoms with Gasteiger partial charge in [0, 0.05) is 5.92 Å². The number of amides is 1. The number of halogens is 1. The lowest BCUT2D eigenvalue weighted by Gasteiger charge is -2.10. The summed E-state index contributed by atoms with van der Waals surface area (Å²) in [6.07, 6.45) is 1.68. The van der Waals surface area contributed by atoms with E-state index in [0.29, 0.717) is 0 Å². The maximum absolute atomic E-state index is 13.5. The molecule has 2 atom stereocenters. The molecule has 0 spiro atoms. The first kappa shape index (κ1) is 13.5. The summed E-state index contributed by atoms with van der Waals surface area (Å²) in [5, 5.41) is 11.3. The maximum Gasteiger partial charge on any atom is 0.335 e. The molecule has 4 nitrogen and oxygen atoms in total. The number of aromatic carboxylic acids is 1. The van der Waals surface area contributed by atoms with Gasteiger partial charge in [-0.25, -0.2) is 9.18 Å². The zero-order valence-electron chi connectivity index (χ0n) is 10.9. The maximum atomic E-state index is 13.5. The third-order valence-electron chi connectivity index (χ3n) is 3.95. The van der Waals surface area contributed by atoms with Crippen molar-refractivity contribution < 1.29 is 19.1 Å². The molecule has 2 unspecified atom stereocenters. The van der Waals surface area contributed by atoms with Crippen molar-refractivity contribution in [2.75, 3.05) is 5.32 Å². The highest BCUT2D eigenvalue weighted by Crippen LogP contribution is 2.55. The number of carboxylic acid groups (broad SMARTS) is 1. The average molecular weight is 265 g/mol. The van der Waals surface area contributed by atoms with Crippen LogP contribution in [0.1, 0.15) is 37.0 Å². The Morgan fingerprint density at radius 3 is 2.74 bits per heavy atom. The van der Waals surface area contributed by atoms with Crippen LogP contribution < -0.4 is 5.32 Å². The van der Waals surface area contributed by atoms with Crippen LogP contribution >= 0.6 is 0 Å². The lowest BCUT2D eigenvalue weighted by molar-refractivity contribution is -0.118. The Balaban J connectivity index is 2.13. The van der Waals surface area contributed by atoms with Gasteiger partial charge in [0.15, 0.2) is 0 Å². The lowest BCUT2D eigenvalue weighted by atomic mass is 10.0. The Hall–Kier alpha value is -1.91. The highest BCUT2D eigenvalue weighted by molar-refractivity contribution is 5.96. The molecule has 102 valence electrons. The van der Waals surface area contributed by atoms with E-state index in [1.54, 1.807) is 0 Å². The number of anilines is 1. The smallest absolute Gasteiger partial charge is 0.335 e. The Morgan fingerprint density at radius 2 is 2.21 bits per heavy atom. The van der Waals surface area contributed by atoms with Crippen molar-refractivity contribution in [3.8, 4) is 0 Å². The average Bonchev–Trinajstić information content (AvgIpc) is 3.05. The molecule has 0 heterocycles. The van der Waals surface area contributed by atoms with Crippen LogP contribution in [0, 0.1) is 17.2 Å². The molecule has 2 rings (SSSR count). The molecule has 1 saturated carbocycles. The Labute approximate surface area is 110 Å². The lowest BCUT2D eigenvalue weighted by Crippen LogP contribution is -2.18. The molecule has 0 radical (unpaired) electrons. The van der Waals surface area contributed by atoms with Crippen LogP contribution in [0.5, 0.6) is 0 Å². The first-order chi connectivity index (χ1) is 8.87. The van der Waals surface area contributed by atoms with Crippen LogP contribution in [-0.2, 0) is 4.79 Å². The highest BCUT2D eigenvalue weighted by Gasteiger charge is 2.52. The van der Waals surface area contributed by atoms with E-state index in [1.807, 2.05) is 13.8 Å². The standard InChI is InChI=1S/C14H16FNO3/c1-3-14(2)7-9(14)12(17)16-11-6-8(13(18)19)4-5-10(11)15/h4-6,9H,3,7H2,1-2H3,(H,16,17)(H,18,19). The molecule has 0 aliphatic heterocycles. The first-order valence-electron chi connectivity index (χ1n) is 6.21. The van der Waals surface area contributed by atoms with Crippen molar-refractivity contribution in [2.45, 2.75) is 26.7 Å². The van der Waals surface area contributed by atoms with Gasteiger partial charge in [0.25, 0.3) is 0 Å². The van der Waals surface area contributed by atoms with Gasteiger partial charge in [-0.2, -0.15) is 0 Å². The molecule has 0 saturated heterocycles. The minimum atomic E-state index is -1.15. The number of hydrogen-bond acceptors (Lipinski definition) is 2. The molecule has 19 heavy (non-hydrogen) atoms. The predicted molar refractivity (Wildman–Crippen MR) is 68.5 cm³/mol. The molecule has 1 amide bonds. The van der Waals surface area contributed by atoms with E-state index >= 15 is 0 Å². The van der Waals surface area contributed by atoms with Crippen LogP contribution in [0.4, 0.5) is 10.1 Å². The highest BCUT2D eigenvalue weighted by atomic mass is 19.1. The fourth-order valence-electron chi connectivity index (χ4n) is 2.18. The van der Waals surface area contributed by atoms with Crippen molar-refractivity contribution >= 4 is 17.6 Å². The van der Waals surface area contributed by atoms with Crippen LogP contribution in [0.2, 0.25) is 0 Å². The van der Waals surface area contributed by atoms with Gasteiger partial charge < -0.3 is 10.4 Å². The number of rotatable bonds is 4. The molecule has 1 aliphatic rings. The SMILES string of the molecule is CCC1(C)CC1C(=O)Nc1cc(C(=O)O)ccc1F. The molecule has 0 bridgehead atoms. The number of carbonyl (C=O) groups is 2. The van der Waals surface area contributed by atoms with Crippen LogP contribution in [0.3, 0.4) is 0 Å². The van der Waals surface area contributed by atoms with Crippen molar-refractivity contribution in [3.05, 3.63) is 29.6 Å². The second kappa shape index (κ2) is 4.64. The molecule has 1 aromatic carbocycles. The summed E-state index contributed by atoms with van der Waals surface area (Å²) in [4.78, 5) is 22.8. The van der Waals surface area contributed by atoms with E-state index in [-0.39, 0.29) is 28.5 Å². The van der Waals surface area contributed by atoms with Gasteiger partial charge in [-0.1, -0.05) is 13.8 Å². The quantitative estimate of drug-likeness (QED) is 0.879. The first-order valence-corrected chi connectivity index (χ1v) is 6.21. The zero-order valence-corrected chi connectivity index (χ0v) is 10.9. The van der Waals surface area contributed by atoms with Gasteiger partial charge in [0.2, 0.25) is 5.91 Å². The van der Waals surface area contributed by atoms with E-state index in [4.69, 9.17) is 5.11 Å². The molecule has 1 aromatic rings. The summed E-state index contributed by atoms with van der Waals surface area (Å²) in [7, 11) is 0. The summed E-state index contributed by atoms with van der Waals surface area (Å²) in [5.41, 5.74) is -0.133. The summed E-state index contributed by atoms with van der Waals surface area (Å²) >= 11 is 0. The molecule has 2 N–H and O–H groups in total. The second-order valence-corrected chi connectivity index (χ2v) is 5.25. The predicted octanol–water partition coefficient (Wildman–Crippen LogP) is 2.90. The van der Waals surface area contributed by atoms with Gasteiger partial charge in [-0.05, 0) is 36.5 Å². The molecule has 0 aromatic heterocycles. The monoisotopic (exact) mass is 265 g/mol. The van der Waals surface area contributed by atoms with Crippen molar-refractivity contribution in [1.82, 2.24) is 0 Å². The van der Waals surface area contributed by atoms with Gasteiger partial charge in [-0.3, -0.25) is 4.79 Å². The summed E-state index contributed by atoms with van der Waals surface area (Å²) in [5.74, 6) is -2.14. The van der Waals surface area contributed by atoms with Crippen molar-refractivity contribution in [1.29, 1.82) is 0 Å². The Bertz CT molecular complexity index is 543. The summed E-state index contributed by atoms with van der Waals surface area (Å²) in [6, 6.07) is 3.35. The molecule has 1 aliphatic carbocycles. The minimum absolute atomic E-state index is 0.00896. The molecule has 1 fully saturated rings. The van der Waals surface area contributed by atoms with Crippen LogP contribution in [0.25, 0.3) is 0 Å². The van der Waals surface area contributed by atoms with Gasteiger partial charge in [0.1, 0.15) is 5.82 Å². The fraction of sp³-hybridized carbons (Fsp3) is 0.429. The minimum Gasteiger partial charge on any atom is -0.478 e. The Kier molecular flexibility index (Phi) is 3.30. The van der Waals surface area contributed by atoms with E-state index in [1.165, 1.54) is 6.07 Å². The number of carbonyl (C=O) groups excluding carboxylic acids is 1. The van der Waals surface area contributed by atoms with Crippen LogP contribution in [-0.4, -0.2) is 17.0 Å². The van der Waals surface area contributed by atoms with Gasteiger partial charge in [0.05, 0.1) is 11.3 Å². The zero-order chi connectivity index (χ0) is 14.2. The number of hydrogen-bond donors (Lipinski definition) is 2. The van der Waals surface area contributed by atoms with E-state index in [2.05, 4.69) is 5.32 Å². The summed E-state index contributed by atoms with van der Waals surface area (Å²) < 4.78 is 13.5. The normalized spacial score (nSPS) is 24.9. The Morgan fingerprint density at radius 1 is 1.53 bits per heavy atom. The summed E-state index contributed by atoms with van der Waals surface area (Å²) in [6.45, 7) is 4.03. The molecular weight excluding hydrogens is 249 g/mol.